The van der Waals surface area contributed by atoms with Crippen molar-refractivity contribution in [3.8, 4) is 0 Å². The van der Waals surface area contributed by atoms with Gasteiger partial charge in [-0.15, -0.1) is 0 Å². The summed E-state index contributed by atoms with van der Waals surface area (Å²) in [5.41, 5.74) is 1.37. The molecule has 5 rings (SSSR count). The third-order valence-electron chi connectivity index (χ3n) is 6.25. The van der Waals surface area contributed by atoms with Gasteiger partial charge in [-0.3, -0.25) is 9.20 Å². The normalized spacial score (nSPS) is 26.8. The summed E-state index contributed by atoms with van der Waals surface area (Å²) in [5, 5.41) is 10.3. The molecule has 0 spiro atoms. The molecule has 4 heterocycles. The van der Waals surface area contributed by atoms with Crippen molar-refractivity contribution in [1.82, 2.24) is 19.3 Å². The van der Waals surface area contributed by atoms with Crippen molar-refractivity contribution in [3.05, 3.63) is 66.2 Å². The lowest BCUT2D eigenvalue weighted by Crippen LogP contribution is -2.44. The maximum atomic E-state index is 13.3. The number of carbonyl (C=O) groups is 1. The molecule has 138 valence electrons. The van der Waals surface area contributed by atoms with E-state index in [0.29, 0.717) is 11.5 Å². The Balaban J connectivity index is 1.46. The van der Waals surface area contributed by atoms with Crippen molar-refractivity contribution < 1.29 is 9.90 Å². The van der Waals surface area contributed by atoms with Crippen LogP contribution in [0.15, 0.2) is 55.0 Å². The van der Waals surface area contributed by atoms with Gasteiger partial charge in [0, 0.05) is 36.1 Å². The second-order valence-electron chi connectivity index (χ2n) is 7.80. The predicted molar refractivity (Wildman–Crippen MR) is 100 cm³/mol. The summed E-state index contributed by atoms with van der Waals surface area (Å²) >= 11 is 0. The van der Waals surface area contributed by atoms with Gasteiger partial charge >= 0.3 is 0 Å². The third kappa shape index (κ3) is 2.55. The summed E-state index contributed by atoms with van der Waals surface area (Å²) in [6.45, 7) is 0.0968. The van der Waals surface area contributed by atoms with E-state index in [0.717, 1.165) is 25.7 Å². The molecule has 1 aromatic carbocycles. The molecule has 6 nitrogen and oxygen atoms in total. The molecule has 0 radical (unpaired) electrons. The molecule has 0 aliphatic carbocycles. The first-order valence-corrected chi connectivity index (χ1v) is 9.47. The zero-order valence-corrected chi connectivity index (χ0v) is 15.0. The van der Waals surface area contributed by atoms with Crippen molar-refractivity contribution in [1.29, 1.82) is 0 Å². The van der Waals surface area contributed by atoms with Gasteiger partial charge in [0.2, 0.25) is 5.78 Å². The lowest BCUT2D eigenvalue weighted by atomic mass is 9.70. The molecule has 2 aliphatic rings. The molecule has 6 heteroatoms. The number of amides is 1. The van der Waals surface area contributed by atoms with Crippen LogP contribution in [0.3, 0.4) is 0 Å². The van der Waals surface area contributed by atoms with Crippen LogP contribution >= 0.6 is 0 Å². The molecule has 3 atom stereocenters. The van der Waals surface area contributed by atoms with Crippen LogP contribution in [0.25, 0.3) is 5.78 Å². The Morgan fingerprint density at radius 3 is 2.85 bits per heavy atom. The predicted octanol–water partition coefficient (Wildman–Crippen LogP) is 2.33. The number of aromatic nitrogens is 3. The third-order valence-corrected chi connectivity index (χ3v) is 6.25. The average molecular weight is 362 g/mol. The van der Waals surface area contributed by atoms with Crippen LogP contribution < -0.4 is 0 Å². The van der Waals surface area contributed by atoms with Crippen LogP contribution in [-0.4, -0.2) is 49.0 Å². The summed E-state index contributed by atoms with van der Waals surface area (Å²) in [5.74, 6) is 0.487. The lowest BCUT2D eigenvalue weighted by Gasteiger charge is -2.36. The van der Waals surface area contributed by atoms with E-state index in [9.17, 15) is 9.90 Å². The molecule has 2 fully saturated rings. The van der Waals surface area contributed by atoms with Gasteiger partial charge in [-0.1, -0.05) is 30.3 Å². The van der Waals surface area contributed by atoms with E-state index in [1.165, 1.54) is 5.56 Å². The Morgan fingerprint density at radius 1 is 1.22 bits per heavy atom. The number of benzene rings is 1. The quantitative estimate of drug-likeness (QED) is 0.773. The maximum Gasteiger partial charge on any atom is 0.274 e. The first-order valence-electron chi connectivity index (χ1n) is 9.47. The second-order valence-corrected chi connectivity index (χ2v) is 7.80. The number of rotatable bonds is 4. The molecule has 2 saturated heterocycles. The minimum absolute atomic E-state index is 0.0450. The molecule has 0 unspecified atom stereocenters. The zero-order chi connectivity index (χ0) is 18.4. The minimum Gasteiger partial charge on any atom is -0.396 e. The van der Waals surface area contributed by atoms with Crippen LogP contribution in [0.1, 0.15) is 35.3 Å². The van der Waals surface area contributed by atoms with Crippen molar-refractivity contribution in [2.75, 3.05) is 6.61 Å². The topological polar surface area (TPSA) is 70.7 Å². The molecule has 3 aromatic rings. The molecule has 2 bridgehead atoms. The highest BCUT2D eigenvalue weighted by molar-refractivity contribution is 5.93. The number of aliphatic hydroxyl groups excluding tert-OH is 1. The van der Waals surface area contributed by atoms with E-state index in [2.05, 4.69) is 22.1 Å². The molecule has 2 aliphatic heterocycles. The van der Waals surface area contributed by atoms with E-state index >= 15 is 0 Å². The van der Waals surface area contributed by atoms with Gasteiger partial charge in [0.1, 0.15) is 5.69 Å². The van der Waals surface area contributed by atoms with E-state index < -0.39 is 0 Å². The van der Waals surface area contributed by atoms with Crippen molar-refractivity contribution in [3.63, 3.8) is 0 Å². The Labute approximate surface area is 157 Å². The molecular weight excluding hydrogens is 340 g/mol. The van der Waals surface area contributed by atoms with Crippen LogP contribution in [0.2, 0.25) is 0 Å². The van der Waals surface area contributed by atoms with E-state index in [1.54, 1.807) is 16.8 Å². The van der Waals surface area contributed by atoms with Crippen molar-refractivity contribution >= 4 is 11.7 Å². The summed E-state index contributed by atoms with van der Waals surface area (Å²) in [6, 6.07) is 12.3. The Kier molecular flexibility index (Phi) is 3.75. The molecular formula is C21H22N4O2. The Morgan fingerprint density at radius 2 is 2.07 bits per heavy atom. The molecule has 1 N–H and O–H groups in total. The van der Waals surface area contributed by atoms with E-state index in [4.69, 9.17) is 0 Å². The molecule has 2 aromatic heterocycles. The summed E-state index contributed by atoms with van der Waals surface area (Å²) < 4.78 is 1.77. The minimum atomic E-state index is -0.267. The van der Waals surface area contributed by atoms with E-state index in [1.807, 2.05) is 35.4 Å². The Bertz CT molecular complexity index is 953. The number of hydrogen-bond donors (Lipinski definition) is 1. The number of imidazole rings is 1. The SMILES string of the molecule is O=C(c1cn2cccnc2n1)N1[C@@H]2CC[C@H]1[C@](CO)(Cc1ccccc1)C2. The average Bonchev–Trinajstić information content (AvgIpc) is 3.39. The van der Waals surface area contributed by atoms with Gasteiger partial charge in [-0.05, 0) is 37.3 Å². The van der Waals surface area contributed by atoms with Crippen LogP contribution in [-0.2, 0) is 6.42 Å². The number of nitrogens with zero attached hydrogens (tertiary/aromatic N) is 4. The van der Waals surface area contributed by atoms with Gasteiger partial charge in [-0.25, -0.2) is 9.97 Å². The van der Waals surface area contributed by atoms with Gasteiger partial charge in [0.05, 0.1) is 6.61 Å². The summed E-state index contributed by atoms with van der Waals surface area (Å²) in [7, 11) is 0. The molecule has 1 amide bonds. The monoisotopic (exact) mass is 362 g/mol. The van der Waals surface area contributed by atoms with Crippen LogP contribution in [0.4, 0.5) is 0 Å². The highest BCUT2D eigenvalue weighted by Gasteiger charge is 2.57. The molecule has 0 saturated carbocycles. The summed E-state index contributed by atoms with van der Waals surface area (Å²) in [6.07, 6.45) is 8.85. The van der Waals surface area contributed by atoms with Gasteiger partial charge < -0.3 is 10.0 Å². The largest absolute Gasteiger partial charge is 0.396 e. The Hall–Kier alpha value is -2.73. The fourth-order valence-corrected chi connectivity index (χ4v) is 5.08. The van der Waals surface area contributed by atoms with E-state index in [-0.39, 0.29) is 30.0 Å². The maximum absolute atomic E-state index is 13.3. The fourth-order valence-electron chi connectivity index (χ4n) is 5.08. The van der Waals surface area contributed by atoms with Crippen LogP contribution in [0, 0.1) is 5.41 Å². The van der Waals surface area contributed by atoms with Gasteiger partial charge in [-0.2, -0.15) is 0 Å². The van der Waals surface area contributed by atoms with Crippen molar-refractivity contribution in [2.45, 2.75) is 37.8 Å². The molecule has 27 heavy (non-hydrogen) atoms. The van der Waals surface area contributed by atoms with Gasteiger partial charge in [0.15, 0.2) is 0 Å². The first kappa shape index (κ1) is 16.4. The zero-order valence-electron chi connectivity index (χ0n) is 15.0. The first-order chi connectivity index (χ1) is 13.2. The lowest BCUT2D eigenvalue weighted by molar-refractivity contribution is 0.0567. The number of carbonyl (C=O) groups excluding carboxylic acids is 1. The fraction of sp³-hybridized carbons (Fsp3) is 0.381. The van der Waals surface area contributed by atoms with Gasteiger partial charge in [0.25, 0.3) is 5.91 Å². The number of fused-ring (bicyclic) bond motifs is 3. The smallest absolute Gasteiger partial charge is 0.274 e. The highest BCUT2D eigenvalue weighted by Crippen LogP contribution is 2.51. The second kappa shape index (κ2) is 6.16. The highest BCUT2D eigenvalue weighted by atomic mass is 16.3. The number of hydrogen-bond acceptors (Lipinski definition) is 4. The number of aliphatic hydroxyl groups is 1. The summed E-state index contributed by atoms with van der Waals surface area (Å²) in [4.78, 5) is 23.9. The standard InChI is InChI=1S/C21H22N4O2/c26-14-21(11-15-5-2-1-3-6-15)12-16-7-8-18(21)25(16)19(27)17-13-24-10-4-9-22-20(24)23-17/h1-6,9-10,13,16,18,26H,7-8,11-12,14H2/t16-,18+,21-/m1/s1. The van der Waals surface area contributed by atoms with Crippen LogP contribution in [0.5, 0.6) is 0 Å². The van der Waals surface area contributed by atoms with Crippen molar-refractivity contribution in [2.24, 2.45) is 5.41 Å².